The van der Waals surface area contributed by atoms with Crippen molar-refractivity contribution in [2.24, 2.45) is 0 Å². The van der Waals surface area contributed by atoms with Gasteiger partial charge in [0.05, 0.1) is 5.57 Å². The normalized spacial score (nSPS) is 14.0. The van der Waals surface area contributed by atoms with Crippen LogP contribution in [0.3, 0.4) is 0 Å². The zero-order chi connectivity index (χ0) is 21.3. The summed E-state index contributed by atoms with van der Waals surface area (Å²) in [5, 5.41) is 5.83. The highest BCUT2D eigenvalue weighted by Crippen LogP contribution is 2.33. The van der Waals surface area contributed by atoms with E-state index in [9.17, 15) is 9.59 Å². The molecule has 2 amide bonds. The number of carbonyl (C=O) groups excluding carboxylic acids is 2. The lowest BCUT2D eigenvalue weighted by molar-refractivity contribution is -0.136. The summed E-state index contributed by atoms with van der Waals surface area (Å²) in [6.45, 7) is 4.34. The van der Waals surface area contributed by atoms with Gasteiger partial charge < -0.3 is 5.32 Å². The molecule has 0 spiro atoms. The predicted octanol–water partition coefficient (Wildman–Crippen LogP) is 5.45. The summed E-state index contributed by atoms with van der Waals surface area (Å²) in [7, 11) is 0. The molecule has 2 heterocycles. The number of rotatable bonds is 6. The number of thiophene rings is 1. The molecule has 3 aromatic rings. The largest absolute Gasteiger partial charge is 0.350 e. The number of benzene rings is 2. The summed E-state index contributed by atoms with van der Waals surface area (Å²) in [5.74, 6) is -0.553. The number of halogens is 1. The number of nitrogens with zero attached hydrogens (tertiary/aromatic N) is 1. The monoisotopic (exact) mass is 436 g/mol. The van der Waals surface area contributed by atoms with Crippen molar-refractivity contribution >= 4 is 46.0 Å². The Balaban J connectivity index is 1.64. The molecule has 0 saturated heterocycles. The number of hydrogen-bond donors (Lipinski definition) is 1. The van der Waals surface area contributed by atoms with Crippen molar-refractivity contribution in [1.29, 1.82) is 0 Å². The number of hydrogen-bond acceptors (Lipinski definition) is 4. The van der Waals surface area contributed by atoms with Crippen LogP contribution in [0.2, 0.25) is 5.02 Å². The van der Waals surface area contributed by atoms with E-state index in [1.165, 1.54) is 16.2 Å². The van der Waals surface area contributed by atoms with E-state index in [0.29, 0.717) is 29.3 Å². The van der Waals surface area contributed by atoms with Gasteiger partial charge in [-0.25, -0.2) is 0 Å². The van der Waals surface area contributed by atoms with E-state index in [0.717, 1.165) is 27.3 Å². The van der Waals surface area contributed by atoms with Crippen LogP contribution in [0.5, 0.6) is 0 Å². The van der Waals surface area contributed by atoms with E-state index in [-0.39, 0.29) is 11.8 Å². The molecule has 0 fully saturated rings. The van der Waals surface area contributed by atoms with Crippen molar-refractivity contribution < 1.29 is 9.59 Å². The maximum atomic E-state index is 13.3. The van der Waals surface area contributed by atoms with Gasteiger partial charge in [0.15, 0.2) is 0 Å². The molecule has 152 valence electrons. The molecule has 0 atom stereocenters. The van der Waals surface area contributed by atoms with Gasteiger partial charge in [0.2, 0.25) is 0 Å². The van der Waals surface area contributed by atoms with Gasteiger partial charge in [-0.2, -0.15) is 0 Å². The molecule has 2 aromatic carbocycles. The Bertz CT molecular complexity index is 1130. The molecule has 6 heteroatoms. The van der Waals surface area contributed by atoms with Gasteiger partial charge in [-0.3, -0.25) is 14.5 Å². The molecular weight excluding hydrogens is 416 g/mol. The highest BCUT2D eigenvalue weighted by Gasteiger charge is 2.39. The van der Waals surface area contributed by atoms with Gasteiger partial charge in [0, 0.05) is 22.1 Å². The van der Waals surface area contributed by atoms with Gasteiger partial charge in [-0.1, -0.05) is 41.9 Å². The third kappa shape index (κ3) is 3.91. The SMILES string of the molecule is Cc1cccc(NC2=C(c3cccs3)C(=O)N(CCc3ccc(Cl)cc3)C2=O)c1C. The topological polar surface area (TPSA) is 49.4 Å². The second kappa shape index (κ2) is 8.46. The van der Waals surface area contributed by atoms with Gasteiger partial charge in [-0.15, -0.1) is 11.3 Å². The molecule has 0 saturated carbocycles. The molecule has 30 heavy (non-hydrogen) atoms. The second-order valence-electron chi connectivity index (χ2n) is 7.24. The first-order valence-corrected chi connectivity index (χ1v) is 10.9. The molecule has 1 aromatic heterocycles. The number of anilines is 1. The number of nitrogens with one attached hydrogen (secondary N) is 1. The molecule has 1 N–H and O–H groups in total. The Kier molecular flexibility index (Phi) is 5.75. The van der Waals surface area contributed by atoms with Gasteiger partial charge in [0.1, 0.15) is 5.70 Å². The van der Waals surface area contributed by atoms with Crippen LogP contribution in [0.4, 0.5) is 5.69 Å². The van der Waals surface area contributed by atoms with E-state index >= 15 is 0 Å². The smallest absolute Gasteiger partial charge is 0.278 e. The number of carbonyl (C=O) groups is 2. The Morgan fingerprint density at radius 3 is 2.43 bits per heavy atom. The van der Waals surface area contributed by atoms with E-state index in [4.69, 9.17) is 11.6 Å². The summed E-state index contributed by atoms with van der Waals surface area (Å²) < 4.78 is 0. The number of imide groups is 1. The van der Waals surface area contributed by atoms with Crippen LogP contribution in [-0.4, -0.2) is 23.3 Å². The van der Waals surface area contributed by atoms with Crippen molar-refractivity contribution in [1.82, 2.24) is 4.90 Å². The van der Waals surface area contributed by atoms with E-state index in [1.807, 2.05) is 73.8 Å². The Morgan fingerprint density at radius 1 is 0.967 bits per heavy atom. The molecule has 1 aliphatic rings. The Labute approximate surface area is 184 Å². The molecule has 4 nitrogen and oxygen atoms in total. The highest BCUT2D eigenvalue weighted by atomic mass is 35.5. The van der Waals surface area contributed by atoms with Crippen molar-refractivity contribution in [3.63, 3.8) is 0 Å². The van der Waals surface area contributed by atoms with Crippen LogP contribution < -0.4 is 5.32 Å². The molecule has 0 radical (unpaired) electrons. The van der Waals surface area contributed by atoms with Gasteiger partial charge in [0.25, 0.3) is 11.8 Å². The summed E-state index contributed by atoms with van der Waals surface area (Å²) in [5.41, 5.74) is 4.80. The quantitative estimate of drug-likeness (QED) is 0.522. The zero-order valence-corrected chi connectivity index (χ0v) is 18.3. The lowest BCUT2D eigenvalue weighted by Crippen LogP contribution is -2.34. The molecule has 0 unspecified atom stereocenters. The van der Waals surface area contributed by atoms with Crippen molar-refractivity contribution in [2.45, 2.75) is 20.3 Å². The predicted molar refractivity (Wildman–Crippen MR) is 123 cm³/mol. The van der Waals surface area contributed by atoms with E-state index in [2.05, 4.69) is 5.32 Å². The third-order valence-electron chi connectivity index (χ3n) is 5.34. The van der Waals surface area contributed by atoms with Crippen LogP contribution in [0.1, 0.15) is 21.6 Å². The fourth-order valence-corrected chi connectivity index (χ4v) is 4.35. The first-order valence-electron chi connectivity index (χ1n) is 9.67. The molecule has 0 aliphatic carbocycles. The Hall–Kier alpha value is -2.89. The average molecular weight is 437 g/mol. The fourth-order valence-electron chi connectivity index (χ4n) is 3.46. The first-order chi connectivity index (χ1) is 14.5. The second-order valence-corrected chi connectivity index (χ2v) is 8.62. The van der Waals surface area contributed by atoms with Crippen LogP contribution in [0.15, 0.2) is 65.7 Å². The molecule has 4 rings (SSSR count). The summed E-state index contributed by atoms with van der Waals surface area (Å²) in [6.07, 6.45) is 0.573. The average Bonchev–Trinajstić information content (AvgIpc) is 3.33. The minimum Gasteiger partial charge on any atom is -0.350 e. The number of aryl methyl sites for hydroxylation is 1. The zero-order valence-electron chi connectivity index (χ0n) is 16.7. The minimum atomic E-state index is -0.293. The van der Waals surface area contributed by atoms with Gasteiger partial charge in [-0.05, 0) is 66.6 Å². The summed E-state index contributed by atoms with van der Waals surface area (Å²) >= 11 is 7.40. The maximum absolute atomic E-state index is 13.3. The fraction of sp³-hybridized carbons (Fsp3) is 0.167. The first kappa shape index (κ1) is 20.4. The van der Waals surface area contributed by atoms with Gasteiger partial charge >= 0.3 is 0 Å². The van der Waals surface area contributed by atoms with E-state index in [1.54, 1.807) is 0 Å². The van der Waals surface area contributed by atoms with Crippen molar-refractivity contribution in [3.05, 3.63) is 92.3 Å². The van der Waals surface area contributed by atoms with Crippen molar-refractivity contribution in [3.8, 4) is 0 Å². The summed E-state index contributed by atoms with van der Waals surface area (Å²) in [4.78, 5) is 28.6. The van der Waals surface area contributed by atoms with Crippen LogP contribution in [-0.2, 0) is 16.0 Å². The van der Waals surface area contributed by atoms with Crippen LogP contribution in [0, 0.1) is 13.8 Å². The van der Waals surface area contributed by atoms with Crippen LogP contribution >= 0.6 is 22.9 Å². The maximum Gasteiger partial charge on any atom is 0.278 e. The standard InChI is InChI=1S/C24H21ClN2O2S/c1-15-5-3-6-19(16(15)2)26-22-21(20-7-4-14-30-20)23(28)27(24(22)29)13-12-17-8-10-18(25)11-9-17/h3-11,14,26H,12-13H2,1-2H3. The lowest BCUT2D eigenvalue weighted by atomic mass is 10.1. The summed E-state index contributed by atoms with van der Waals surface area (Å²) in [6, 6.07) is 17.1. The molecule has 1 aliphatic heterocycles. The molecular formula is C24H21ClN2O2S. The minimum absolute atomic E-state index is 0.260. The Morgan fingerprint density at radius 2 is 1.73 bits per heavy atom. The lowest BCUT2D eigenvalue weighted by Gasteiger charge is -2.16. The number of amides is 2. The highest BCUT2D eigenvalue weighted by molar-refractivity contribution is 7.11. The third-order valence-corrected chi connectivity index (χ3v) is 6.48. The van der Waals surface area contributed by atoms with Crippen LogP contribution in [0.25, 0.3) is 5.57 Å². The molecule has 0 bridgehead atoms. The van der Waals surface area contributed by atoms with E-state index < -0.39 is 0 Å². The van der Waals surface area contributed by atoms with Crippen molar-refractivity contribution in [2.75, 3.05) is 11.9 Å².